The Bertz CT molecular complexity index is 1590. The highest BCUT2D eigenvalue weighted by Gasteiger charge is 2.45. The van der Waals surface area contributed by atoms with Crippen LogP contribution in [0.15, 0.2) is 43.2 Å². The summed E-state index contributed by atoms with van der Waals surface area (Å²) in [6, 6.07) is 6.05. The summed E-state index contributed by atoms with van der Waals surface area (Å²) >= 11 is 0. The molecule has 0 spiro atoms. The first-order valence-electron chi connectivity index (χ1n) is 12.2. The van der Waals surface area contributed by atoms with Crippen molar-refractivity contribution in [2.45, 2.75) is 43.7 Å². The molecule has 0 radical (unpaired) electrons. The standard InChI is InChI=1S/C24H24N12O/c1-34-12-28-21(33-34)18-5-2-13(9-26-18)17-10-30-36-20(25)8-19(31-23(17)36)14-6-15-3-4-16(7-14)35(15)24(37)22-27-11-29-32-22/h2,5,8-12,14-16H,3-4,6-7,25H2,1H3,(H,27,29,32)/t14-,15+,16-. The number of pyridine rings is 1. The van der Waals surface area contributed by atoms with Crippen LogP contribution in [0.25, 0.3) is 28.3 Å². The summed E-state index contributed by atoms with van der Waals surface area (Å²) in [4.78, 5) is 31.7. The van der Waals surface area contributed by atoms with Gasteiger partial charge in [0.05, 0.1) is 6.20 Å². The molecule has 7 rings (SSSR count). The zero-order chi connectivity index (χ0) is 25.1. The predicted octanol–water partition coefficient (Wildman–Crippen LogP) is 1.84. The Balaban J connectivity index is 1.19. The van der Waals surface area contributed by atoms with E-state index in [9.17, 15) is 4.79 Å². The van der Waals surface area contributed by atoms with Crippen LogP contribution in [-0.4, -0.2) is 72.4 Å². The SMILES string of the molecule is Cn1cnc(-c2ccc(-c3cnn4c(N)cc([C@H]5C[C@H]6CC[C@@H](C5)N6C(=O)c5nnc[nH]5)nc34)cn2)n1. The Morgan fingerprint density at radius 1 is 1.14 bits per heavy atom. The molecule has 2 fully saturated rings. The smallest absolute Gasteiger partial charge is 0.292 e. The lowest BCUT2D eigenvalue weighted by Crippen LogP contribution is -2.46. The van der Waals surface area contributed by atoms with Crippen molar-refractivity contribution in [1.29, 1.82) is 0 Å². The van der Waals surface area contributed by atoms with E-state index >= 15 is 0 Å². The lowest BCUT2D eigenvalue weighted by molar-refractivity contribution is 0.0557. The number of hydrogen-bond acceptors (Lipinski definition) is 9. The number of rotatable bonds is 4. The Labute approximate surface area is 210 Å². The fourth-order valence-corrected chi connectivity index (χ4v) is 5.74. The second kappa shape index (κ2) is 8.18. The summed E-state index contributed by atoms with van der Waals surface area (Å²) in [6.07, 6.45) is 10.2. The number of amides is 1. The van der Waals surface area contributed by atoms with Crippen LogP contribution in [0, 0.1) is 0 Å². The van der Waals surface area contributed by atoms with E-state index in [2.05, 4.69) is 35.3 Å². The molecule has 0 aromatic carbocycles. The Hall–Kier alpha value is -4.68. The first-order valence-corrected chi connectivity index (χ1v) is 12.2. The third-order valence-corrected chi connectivity index (χ3v) is 7.43. The molecule has 37 heavy (non-hydrogen) atoms. The van der Waals surface area contributed by atoms with Crippen molar-refractivity contribution in [2.24, 2.45) is 7.05 Å². The van der Waals surface area contributed by atoms with Gasteiger partial charge in [-0.05, 0) is 31.7 Å². The Morgan fingerprint density at radius 3 is 2.65 bits per heavy atom. The number of nitrogens with zero attached hydrogens (tertiary/aromatic N) is 10. The average Bonchev–Trinajstić information content (AvgIpc) is 3.71. The van der Waals surface area contributed by atoms with E-state index in [0.717, 1.165) is 42.5 Å². The van der Waals surface area contributed by atoms with E-state index < -0.39 is 0 Å². The second-order valence-electron chi connectivity index (χ2n) is 9.68. The van der Waals surface area contributed by atoms with Gasteiger partial charge in [0.15, 0.2) is 11.5 Å². The summed E-state index contributed by atoms with van der Waals surface area (Å²) in [5.74, 6) is 1.51. The number of carbonyl (C=O) groups excluding carboxylic acids is 1. The summed E-state index contributed by atoms with van der Waals surface area (Å²) in [5, 5.41) is 16.5. The first kappa shape index (κ1) is 21.6. The molecule has 2 aliphatic rings. The number of hydrogen-bond donors (Lipinski definition) is 2. The minimum atomic E-state index is -0.0821. The van der Waals surface area contributed by atoms with Gasteiger partial charge in [-0.15, -0.1) is 15.3 Å². The van der Waals surface area contributed by atoms with Crippen LogP contribution >= 0.6 is 0 Å². The lowest BCUT2D eigenvalue weighted by atomic mass is 9.87. The molecule has 2 bridgehead atoms. The molecule has 7 heterocycles. The van der Waals surface area contributed by atoms with E-state index in [-0.39, 0.29) is 23.9 Å². The van der Waals surface area contributed by atoms with Gasteiger partial charge in [-0.3, -0.25) is 14.5 Å². The van der Waals surface area contributed by atoms with Crippen LogP contribution in [0.4, 0.5) is 5.82 Å². The van der Waals surface area contributed by atoms with E-state index in [1.54, 1.807) is 27.9 Å². The molecule has 5 aromatic heterocycles. The Morgan fingerprint density at radius 2 is 1.97 bits per heavy atom. The number of aromatic amines is 1. The van der Waals surface area contributed by atoms with Crippen LogP contribution < -0.4 is 5.73 Å². The molecule has 2 saturated heterocycles. The Kier molecular flexibility index (Phi) is 4.77. The first-order chi connectivity index (χ1) is 18.0. The summed E-state index contributed by atoms with van der Waals surface area (Å²) in [5.41, 5.74) is 10.5. The number of aromatic nitrogens is 10. The topological polar surface area (TPSA) is 162 Å². The van der Waals surface area contributed by atoms with Crippen LogP contribution in [0.2, 0.25) is 0 Å². The molecule has 5 aromatic rings. The molecular weight excluding hydrogens is 472 g/mol. The van der Waals surface area contributed by atoms with Gasteiger partial charge in [-0.1, -0.05) is 6.07 Å². The van der Waals surface area contributed by atoms with Crippen LogP contribution in [0.5, 0.6) is 0 Å². The van der Waals surface area contributed by atoms with Gasteiger partial charge >= 0.3 is 0 Å². The largest absolute Gasteiger partial charge is 0.384 e. The monoisotopic (exact) mass is 496 g/mol. The van der Waals surface area contributed by atoms with Crippen molar-refractivity contribution >= 4 is 17.4 Å². The lowest BCUT2D eigenvalue weighted by Gasteiger charge is -2.38. The van der Waals surface area contributed by atoms with Gasteiger partial charge in [0.1, 0.15) is 24.2 Å². The molecule has 13 heteroatoms. The number of carbonyl (C=O) groups is 1. The fraction of sp³-hybridized carbons (Fsp3) is 0.333. The maximum Gasteiger partial charge on any atom is 0.292 e. The molecule has 0 saturated carbocycles. The van der Waals surface area contributed by atoms with Gasteiger partial charge in [0, 0.05) is 54.1 Å². The van der Waals surface area contributed by atoms with Gasteiger partial charge in [-0.2, -0.15) is 9.61 Å². The zero-order valence-corrected chi connectivity index (χ0v) is 20.1. The number of fused-ring (bicyclic) bond motifs is 3. The van der Waals surface area contributed by atoms with Crippen molar-refractivity contribution < 1.29 is 4.79 Å². The van der Waals surface area contributed by atoms with E-state index in [0.29, 0.717) is 28.8 Å². The quantitative estimate of drug-likeness (QED) is 0.378. The normalized spacial score (nSPS) is 21.1. The molecule has 0 unspecified atom stereocenters. The van der Waals surface area contributed by atoms with Crippen molar-refractivity contribution in [3.05, 3.63) is 54.8 Å². The maximum atomic E-state index is 13.0. The van der Waals surface area contributed by atoms with Gasteiger partial charge in [0.25, 0.3) is 5.91 Å². The van der Waals surface area contributed by atoms with Crippen LogP contribution in [0.1, 0.15) is 47.9 Å². The molecule has 186 valence electrons. The van der Waals surface area contributed by atoms with Crippen LogP contribution in [0.3, 0.4) is 0 Å². The third-order valence-electron chi connectivity index (χ3n) is 7.43. The summed E-state index contributed by atoms with van der Waals surface area (Å²) < 4.78 is 3.30. The molecule has 3 atom stereocenters. The average molecular weight is 497 g/mol. The molecule has 2 aliphatic heterocycles. The molecule has 0 aliphatic carbocycles. The maximum absolute atomic E-state index is 13.0. The molecule has 1 amide bonds. The van der Waals surface area contributed by atoms with Crippen molar-refractivity contribution in [3.63, 3.8) is 0 Å². The number of nitrogen functional groups attached to an aromatic ring is 1. The van der Waals surface area contributed by atoms with Gasteiger partial charge < -0.3 is 15.6 Å². The van der Waals surface area contributed by atoms with Crippen molar-refractivity contribution in [2.75, 3.05) is 5.73 Å². The number of nitrogens with one attached hydrogen (secondary N) is 1. The number of aryl methyl sites for hydroxylation is 1. The van der Waals surface area contributed by atoms with Gasteiger partial charge in [-0.25, -0.2) is 9.97 Å². The highest BCUT2D eigenvalue weighted by atomic mass is 16.2. The van der Waals surface area contributed by atoms with E-state index in [4.69, 9.17) is 10.7 Å². The second-order valence-corrected chi connectivity index (χ2v) is 9.68. The van der Waals surface area contributed by atoms with Crippen molar-refractivity contribution in [3.8, 4) is 22.6 Å². The molecule has 3 N–H and O–H groups in total. The highest BCUT2D eigenvalue weighted by molar-refractivity contribution is 5.91. The molecule has 13 nitrogen and oxygen atoms in total. The minimum absolute atomic E-state index is 0.0821. The number of anilines is 1. The van der Waals surface area contributed by atoms with E-state index in [1.807, 2.05) is 30.1 Å². The van der Waals surface area contributed by atoms with Gasteiger partial charge in [0.2, 0.25) is 5.82 Å². The molecular formula is C24H24N12O. The fourth-order valence-electron chi connectivity index (χ4n) is 5.74. The number of nitrogens with two attached hydrogens (primary N) is 1. The van der Waals surface area contributed by atoms with E-state index in [1.165, 1.54) is 6.33 Å². The number of H-pyrrole nitrogens is 1. The number of piperidine rings is 1. The zero-order valence-electron chi connectivity index (χ0n) is 20.1. The van der Waals surface area contributed by atoms with Crippen LogP contribution in [-0.2, 0) is 7.05 Å². The minimum Gasteiger partial charge on any atom is -0.384 e. The predicted molar refractivity (Wildman–Crippen MR) is 132 cm³/mol. The highest BCUT2D eigenvalue weighted by Crippen LogP contribution is 2.43. The van der Waals surface area contributed by atoms with Crippen molar-refractivity contribution in [1.82, 2.24) is 54.4 Å². The summed E-state index contributed by atoms with van der Waals surface area (Å²) in [7, 11) is 1.82. The third kappa shape index (κ3) is 3.53. The summed E-state index contributed by atoms with van der Waals surface area (Å²) in [6.45, 7) is 0.